The Kier molecular flexibility index (Phi) is 6.06. The lowest BCUT2D eigenvalue weighted by Gasteiger charge is -2.26. The number of para-hydroxylation sites is 1. The Bertz CT molecular complexity index is 671. The highest BCUT2D eigenvalue weighted by atomic mass is 19.3. The fraction of sp³-hybridized carbons (Fsp3) is 0.500. The van der Waals surface area contributed by atoms with Gasteiger partial charge in [-0.2, -0.15) is 17.6 Å². The van der Waals surface area contributed by atoms with Gasteiger partial charge in [0.1, 0.15) is 5.75 Å². The molecular weight excluding hydrogens is 360 g/mol. The monoisotopic (exact) mass is 378 g/mol. The molecule has 2 rings (SSSR count). The predicted octanol–water partition coefficient (Wildman–Crippen LogP) is 2.19. The van der Waals surface area contributed by atoms with Gasteiger partial charge in [0, 0.05) is 19.1 Å². The van der Waals surface area contributed by atoms with E-state index < -0.39 is 42.1 Å². The summed E-state index contributed by atoms with van der Waals surface area (Å²) >= 11 is 0. The number of nitrogens with two attached hydrogens (primary N) is 1. The van der Waals surface area contributed by atoms with E-state index in [0.717, 1.165) is 17.0 Å². The summed E-state index contributed by atoms with van der Waals surface area (Å²) in [6.07, 6.45) is -8.20. The SMILES string of the molecule is N[C@@H]1CC[C@H](C(=O)O)CN(C(=O)c2ccccc2OC(F)(F)C(F)F)C1. The summed E-state index contributed by atoms with van der Waals surface area (Å²) in [5, 5.41) is 9.20. The lowest BCUT2D eigenvalue weighted by molar-refractivity contribution is -0.253. The second kappa shape index (κ2) is 7.90. The number of aliphatic carboxylic acids is 1. The van der Waals surface area contributed by atoms with Crippen molar-refractivity contribution >= 4 is 11.9 Å². The number of hydrogen-bond donors (Lipinski definition) is 2. The first-order valence-corrected chi connectivity index (χ1v) is 7.83. The normalized spacial score (nSPS) is 21.4. The zero-order valence-electron chi connectivity index (χ0n) is 13.6. The highest BCUT2D eigenvalue weighted by Crippen LogP contribution is 2.31. The van der Waals surface area contributed by atoms with E-state index >= 15 is 0 Å². The van der Waals surface area contributed by atoms with Crippen LogP contribution in [0.3, 0.4) is 0 Å². The highest BCUT2D eigenvalue weighted by Gasteiger charge is 2.45. The van der Waals surface area contributed by atoms with Gasteiger partial charge in [-0.25, -0.2) is 0 Å². The first kappa shape index (κ1) is 20.0. The van der Waals surface area contributed by atoms with Gasteiger partial charge in [-0.1, -0.05) is 12.1 Å². The van der Waals surface area contributed by atoms with Gasteiger partial charge in [0.05, 0.1) is 11.5 Å². The first-order valence-electron chi connectivity index (χ1n) is 7.83. The van der Waals surface area contributed by atoms with Crippen molar-refractivity contribution in [2.75, 3.05) is 13.1 Å². The van der Waals surface area contributed by atoms with E-state index in [-0.39, 0.29) is 25.1 Å². The van der Waals surface area contributed by atoms with Crippen LogP contribution < -0.4 is 10.5 Å². The average molecular weight is 378 g/mol. The minimum absolute atomic E-state index is 0.0161. The number of hydrogen-bond acceptors (Lipinski definition) is 4. The topological polar surface area (TPSA) is 92.9 Å². The summed E-state index contributed by atoms with van der Waals surface area (Å²) in [4.78, 5) is 25.1. The summed E-state index contributed by atoms with van der Waals surface area (Å²) in [5.41, 5.74) is 5.48. The number of rotatable bonds is 5. The maximum Gasteiger partial charge on any atom is 0.461 e. The quantitative estimate of drug-likeness (QED) is 0.767. The number of carboxylic acid groups (broad SMARTS) is 1. The van der Waals surface area contributed by atoms with Crippen molar-refractivity contribution in [2.45, 2.75) is 31.4 Å². The standard InChI is InChI=1S/C16H18F4N2O4/c17-15(18)16(19,20)26-12-4-2-1-3-11(12)13(23)22-7-9(14(24)25)5-6-10(21)8-22/h1-4,9-10,15H,5-8,21H2,(H,24,25)/t9-,10+/m0/s1. The maximum absolute atomic E-state index is 13.2. The fourth-order valence-corrected chi connectivity index (χ4v) is 2.68. The Morgan fingerprint density at radius 2 is 1.88 bits per heavy atom. The predicted molar refractivity (Wildman–Crippen MR) is 82.3 cm³/mol. The molecule has 0 aliphatic carbocycles. The van der Waals surface area contributed by atoms with E-state index in [9.17, 15) is 32.3 Å². The molecule has 1 aromatic carbocycles. The van der Waals surface area contributed by atoms with Crippen LogP contribution in [-0.4, -0.2) is 53.5 Å². The molecule has 1 fully saturated rings. The van der Waals surface area contributed by atoms with Crippen molar-refractivity contribution in [2.24, 2.45) is 11.7 Å². The zero-order valence-corrected chi connectivity index (χ0v) is 13.6. The largest absolute Gasteiger partial charge is 0.481 e. The van der Waals surface area contributed by atoms with Crippen LogP contribution in [0.2, 0.25) is 0 Å². The van der Waals surface area contributed by atoms with E-state index in [0.29, 0.717) is 6.42 Å². The second-order valence-corrected chi connectivity index (χ2v) is 6.04. The molecule has 0 spiro atoms. The Morgan fingerprint density at radius 3 is 2.50 bits per heavy atom. The lowest BCUT2D eigenvalue weighted by atomic mass is 10.0. The Labute approximate surface area is 146 Å². The molecule has 2 atom stereocenters. The number of carbonyl (C=O) groups excluding carboxylic acids is 1. The molecule has 0 saturated carbocycles. The molecule has 26 heavy (non-hydrogen) atoms. The van der Waals surface area contributed by atoms with E-state index in [1.54, 1.807) is 0 Å². The van der Waals surface area contributed by atoms with Crippen molar-refractivity contribution in [3.63, 3.8) is 0 Å². The summed E-state index contributed by atoms with van der Waals surface area (Å²) in [7, 11) is 0. The van der Waals surface area contributed by atoms with Crippen LogP contribution in [0.25, 0.3) is 0 Å². The minimum Gasteiger partial charge on any atom is -0.481 e. The van der Waals surface area contributed by atoms with Gasteiger partial charge in [0.15, 0.2) is 0 Å². The van der Waals surface area contributed by atoms with Crippen LogP contribution in [0.1, 0.15) is 23.2 Å². The number of likely N-dealkylation sites (tertiary alicyclic amines) is 1. The number of halogens is 4. The summed E-state index contributed by atoms with van der Waals surface area (Å²) in [6, 6.07) is 4.23. The third-order valence-electron chi connectivity index (χ3n) is 4.04. The van der Waals surface area contributed by atoms with Gasteiger partial charge >= 0.3 is 18.5 Å². The van der Waals surface area contributed by atoms with Gasteiger partial charge in [-0.15, -0.1) is 0 Å². The van der Waals surface area contributed by atoms with E-state index in [2.05, 4.69) is 4.74 Å². The van der Waals surface area contributed by atoms with E-state index in [1.165, 1.54) is 12.1 Å². The Hall–Kier alpha value is -2.36. The van der Waals surface area contributed by atoms with Crippen molar-refractivity contribution in [1.82, 2.24) is 4.90 Å². The highest BCUT2D eigenvalue weighted by molar-refractivity contribution is 5.97. The van der Waals surface area contributed by atoms with Crippen LogP contribution in [0.5, 0.6) is 5.75 Å². The molecule has 1 aliphatic rings. The van der Waals surface area contributed by atoms with Crippen molar-refractivity contribution in [3.8, 4) is 5.75 Å². The molecule has 6 nitrogen and oxygen atoms in total. The zero-order chi connectivity index (χ0) is 19.5. The minimum atomic E-state index is -4.77. The molecule has 144 valence electrons. The number of carboxylic acids is 1. The van der Waals surface area contributed by atoms with Gasteiger partial charge in [-0.05, 0) is 25.0 Å². The Morgan fingerprint density at radius 1 is 1.23 bits per heavy atom. The molecule has 3 N–H and O–H groups in total. The van der Waals surface area contributed by atoms with Crippen LogP contribution in [-0.2, 0) is 4.79 Å². The van der Waals surface area contributed by atoms with Gasteiger partial charge in [-0.3, -0.25) is 9.59 Å². The van der Waals surface area contributed by atoms with Crippen molar-refractivity contribution in [1.29, 1.82) is 0 Å². The molecular formula is C16H18F4N2O4. The van der Waals surface area contributed by atoms with Gasteiger partial charge in [0.25, 0.3) is 5.91 Å². The smallest absolute Gasteiger partial charge is 0.461 e. The maximum atomic E-state index is 13.2. The molecule has 0 unspecified atom stereocenters. The molecule has 1 amide bonds. The average Bonchev–Trinajstić information content (AvgIpc) is 2.76. The third-order valence-corrected chi connectivity index (χ3v) is 4.04. The second-order valence-electron chi connectivity index (χ2n) is 6.04. The molecule has 0 bridgehead atoms. The fourth-order valence-electron chi connectivity index (χ4n) is 2.68. The number of carbonyl (C=O) groups is 2. The van der Waals surface area contributed by atoms with E-state index in [1.807, 2.05) is 0 Å². The molecule has 0 aromatic heterocycles. The van der Waals surface area contributed by atoms with E-state index in [4.69, 9.17) is 5.73 Å². The number of ether oxygens (including phenoxy) is 1. The van der Waals surface area contributed by atoms with Crippen LogP contribution >= 0.6 is 0 Å². The van der Waals surface area contributed by atoms with Crippen LogP contribution in [0, 0.1) is 5.92 Å². The van der Waals surface area contributed by atoms with Gasteiger partial charge in [0.2, 0.25) is 0 Å². The number of alkyl halides is 4. The Balaban J connectivity index is 2.29. The van der Waals surface area contributed by atoms with Crippen molar-refractivity contribution in [3.05, 3.63) is 29.8 Å². The summed E-state index contributed by atoms with van der Waals surface area (Å²) in [5.74, 6) is -3.49. The van der Waals surface area contributed by atoms with Crippen LogP contribution in [0.4, 0.5) is 17.6 Å². The molecule has 1 heterocycles. The molecule has 1 aromatic rings. The number of amides is 1. The van der Waals surface area contributed by atoms with Gasteiger partial charge < -0.3 is 20.5 Å². The summed E-state index contributed by atoms with van der Waals surface area (Å²) < 4.78 is 55.3. The summed E-state index contributed by atoms with van der Waals surface area (Å²) in [6.45, 7) is -0.149. The lowest BCUT2D eigenvalue weighted by Crippen LogP contribution is -2.42. The molecule has 0 radical (unpaired) electrons. The van der Waals surface area contributed by atoms with Crippen LogP contribution in [0.15, 0.2) is 24.3 Å². The third kappa shape index (κ3) is 4.63. The number of nitrogens with zero attached hydrogens (tertiary/aromatic N) is 1. The molecule has 1 aliphatic heterocycles. The van der Waals surface area contributed by atoms with Crippen molar-refractivity contribution < 1.29 is 37.0 Å². The number of benzene rings is 1. The molecule has 1 saturated heterocycles. The first-order chi connectivity index (χ1) is 12.1. The molecule has 10 heteroatoms.